The van der Waals surface area contributed by atoms with Gasteiger partial charge in [-0.1, -0.05) is 24.3 Å². The fraction of sp³-hybridized carbons (Fsp3) is 0.240. The van der Waals surface area contributed by atoms with E-state index in [1.54, 1.807) is 29.5 Å². The zero-order chi connectivity index (χ0) is 23.6. The van der Waals surface area contributed by atoms with Crippen molar-refractivity contribution >= 4 is 23.2 Å². The zero-order valence-corrected chi connectivity index (χ0v) is 18.9. The quantitative estimate of drug-likeness (QED) is 0.436. The molecule has 0 bridgehead atoms. The van der Waals surface area contributed by atoms with E-state index in [1.807, 2.05) is 54.1 Å². The maximum absolute atomic E-state index is 12.6. The second-order valence-electron chi connectivity index (χ2n) is 7.29. The number of aliphatic carboxylic acids is 1. The number of carboxylic acids is 1. The number of nitrogens with zero attached hydrogens (tertiary/aromatic N) is 1. The first-order chi connectivity index (χ1) is 16.0. The van der Waals surface area contributed by atoms with Crippen LogP contribution in [0, 0.1) is 18.3 Å². The first kappa shape index (κ1) is 23.8. The maximum atomic E-state index is 12.6. The Bertz CT molecular complexity index is 1140. The monoisotopic (exact) mass is 463 g/mol. The van der Waals surface area contributed by atoms with Crippen LogP contribution in [0.2, 0.25) is 0 Å². The van der Waals surface area contributed by atoms with Gasteiger partial charge in [0, 0.05) is 12.0 Å². The van der Waals surface area contributed by atoms with Crippen molar-refractivity contribution in [2.24, 2.45) is 0 Å². The highest BCUT2D eigenvalue weighted by Gasteiger charge is 2.21. The number of amides is 1. The second kappa shape index (κ2) is 11.7. The minimum atomic E-state index is -1.18. The number of hydrogen-bond acceptors (Lipinski definition) is 7. The van der Waals surface area contributed by atoms with Crippen LogP contribution in [0.1, 0.15) is 46.0 Å². The average Bonchev–Trinajstić information content (AvgIpc) is 3.33. The minimum Gasteiger partial charge on any atom is -0.550 e. The van der Waals surface area contributed by atoms with Crippen molar-refractivity contribution in [2.45, 2.75) is 32.5 Å². The molecule has 1 unspecified atom stereocenters. The predicted molar refractivity (Wildman–Crippen MR) is 122 cm³/mol. The fourth-order valence-electron chi connectivity index (χ4n) is 3.26. The van der Waals surface area contributed by atoms with Crippen molar-refractivity contribution in [1.29, 1.82) is 5.26 Å². The predicted octanol–water partition coefficient (Wildman–Crippen LogP) is 3.54. The van der Waals surface area contributed by atoms with Crippen LogP contribution in [0.5, 0.6) is 11.5 Å². The molecule has 33 heavy (non-hydrogen) atoms. The van der Waals surface area contributed by atoms with Crippen LogP contribution in [-0.4, -0.2) is 18.4 Å². The summed E-state index contributed by atoms with van der Waals surface area (Å²) >= 11 is 1.57. The molecule has 1 amide bonds. The van der Waals surface area contributed by atoms with Crippen LogP contribution in [0.3, 0.4) is 0 Å². The highest BCUT2D eigenvalue weighted by atomic mass is 32.1. The molecule has 0 spiro atoms. The van der Waals surface area contributed by atoms with Gasteiger partial charge in [-0.3, -0.25) is 4.79 Å². The molecule has 3 aromatic rings. The highest BCUT2D eigenvalue weighted by Crippen LogP contribution is 2.33. The summed E-state index contributed by atoms with van der Waals surface area (Å²) in [5.41, 5.74) is 2.98. The topological polar surface area (TPSA) is 111 Å². The van der Waals surface area contributed by atoms with Gasteiger partial charge in [0.25, 0.3) is 5.91 Å². The minimum absolute atomic E-state index is 0.152. The molecular formula is C25H23N2O5S-. The number of nitriles is 1. The molecule has 0 saturated carbocycles. The molecule has 7 nitrogen and oxygen atoms in total. The van der Waals surface area contributed by atoms with E-state index in [1.165, 1.54) is 0 Å². The molecule has 8 heteroatoms. The Morgan fingerprint density at radius 3 is 2.73 bits per heavy atom. The van der Waals surface area contributed by atoms with E-state index in [4.69, 9.17) is 14.7 Å². The third-order valence-electron chi connectivity index (χ3n) is 4.93. The molecule has 1 N–H and O–H groups in total. The van der Waals surface area contributed by atoms with Gasteiger partial charge in [-0.2, -0.15) is 16.6 Å². The SMILES string of the molecule is Cc1ccccc1C(CCC(=O)[O-])Oc1cc(OCc2ccsc2)ccc1C(=O)NCC#N. The van der Waals surface area contributed by atoms with E-state index in [-0.39, 0.29) is 30.7 Å². The summed E-state index contributed by atoms with van der Waals surface area (Å²) in [6.07, 6.45) is -0.672. The first-order valence-electron chi connectivity index (χ1n) is 10.3. The third kappa shape index (κ3) is 6.82. The lowest BCUT2D eigenvalue weighted by molar-refractivity contribution is -0.306. The summed E-state index contributed by atoms with van der Waals surface area (Å²) in [5.74, 6) is -0.923. The summed E-state index contributed by atoms with van der Waals surface area (Å²) in [6, 6.07) is 16.2. The Hall–Kier alpha value is -3.83. The van der Waals surface area contributed by atoms with Crippen molar-refractivity contribution in [3.8, 4) is 17.6 Å². The van der Waals surface area contributed by atoms with Gasteiger partial charge in [0.1, 0.15) is 30.8 Å². The van der Waals surface area contributed by atoms with E-state index in [0.29, 0.717) is 12.4 Å². The lowest BCUT2D eigenvalue weighted by Gasteiger charge is -2.23. The summed E-state index contributed by atoms with van der Waals surface area (Å²) in [5, 5.41) is 26.4. The van der Waals surface area contributed by atoms with Crippen molar-refractivity contribution in [3.05, 3.63) is 81.5 Å². The van der Waals surface area contributed by atoms with Crippen LogP contribution in [0.15, 0.2) is 59.3 Å². The van der Waals surface area contributed by atoms with Gasteiger partial charge < -0.3 is 24.7 Å². The van der Waals surface area contributed by atoms with Crippen molar-refractivity contribution in [1.82, 2.24) is 5.32 Å². The Morgan fingerprint density at radius 1 is 1.21 bits per heavy atom. The Kier molecular flexibility index (Phi) is 8.44. The van der Waals surface area contributed by atoms with Crippen LogP contribution in [0.25, 0.3) is 0 Å². The van der Waals surface area contributed by atoms with Crippen molar-refractivity contribution in [2.75, 3.05) is 6.54 Å². The van der Waals surface area contributed by atoms with Crippen LogP contribution < -0.4 is 19.9 Å². The van der Waals surface area contributed by atoms with E-state index in [9.17, 15) is 14.7 Å². The number of carbonyl (C=O) groups excluding carboxylic acids is 2. The van der Waals surface area contributed by atoms with Gasteiger partial charge in [-0.05, 0) is 65.4 Å². The first-order valence-corrected chi connectivity index (χ1v) is 11.3. The number of rotatable bonds is 11. The molecule has 0 aliphatic rings. The molecule has 3 rings (SSSR count). The Labute approximate surface area is 196 Å². The average molecular weight is 464 g/mol. The number of carbonyl (C=O) groups is 2. The van der Waals surface area contributed by atoms with Gasteiger partial charge in [0.05, 0.1) is 11.6 Å². The van der Waals surface area contributed by atoms with Gasteiger partial charge in [0.2, 0.25) is 0 Å². The molecule has 170 valence electrons. The molecule has 2 aromatic carbocycles. The van der Waals surface area contributed by atoms with Crippen LogP contribution in [0.4, 0.5) is 0 Å². The summed E-state index contributed by atoms with van der Waals surface area (Å²) in [7, 11) is 0. The molecule has 1 heterocycles. The summed E-state index contributed by atoms with van der Waals surface area (Å²) < 4.78 is 12.1. The lowest BCUT2D eigenvalue weighted by atomic mass is 9.99. The standard InChI is InChI=1S/C25H24N2O5S/c1-17-4-2-3-5-20(17)22(8-9-24(28)29)32-23-14-19(31-15-18-10-13-33-16-18)6-7-21(23)25(30)27-12-11-26/h2-7,10,13-14,16,22H,8-9,12,15H2,1H3,(H,27,30)(H,28,29)/p-1. The molecule has 1 atom stereocenters. The third-order valence-corrected chi connectivity index (χ3v) is 5.66. The van der Waals surface area contributed by atoms with E-state index in [2.05, 4.69) is 5.32 Å². The van der Waals surface area contributed by atoms with E-state index in [0.717, 1.165) is 16.7 Å². The number of hydrogen-bond donors (Lipinski definition) is 1. The molecular weight excluding hydrogens is 440 g/mol. The molecule has 0 radical (unpaired) electrons. The van der Waals surface area contributed by atoms with Crippen LogP contribution in [-0.2, 0) is 11.4 Å². The number of carboxylic acid groups (broad SMARTS) is 1. The second-order valence-corrected chi connectivity index (χ2v) is 8.07. The van der Waals surface area contributed by atoms with Gasteiger partial charge in [-0.15, -0.1) is 0 Å². The zero-order valence-electron chi connectivity index (χ0n) is 18.1. The molecule has 0 fully saturated rings. The Morgan fingerprint density at radius 2 is 2.03 bits per heavy atom. The number of ether oxygens (including phenoxy) is 2. The normalized spacial score (nSPS) is 11.3. The largest absolute Gasteiger partial charge is 0.550 e. The van der Waals surface area contributed by atoms with Crippen molar-refractivity contribution < 1.29 is 24.2 Å². The Balaban J connectivity index is 1.92. The van der Waals surface area contributed by atoms with E-state index >= 15 is 0 Å². The smallest absolute Gasteiger partial charge is 0.255 e. The molecule has 0 aliphatic carbocycles. The van der Waals surface area contributed by atoms with Gasteiger partial charge in [0.15, 0.2) is 0 Å². The highest BCUT2D eigenvalue weighted by molar-refractivity contribution is 7.07. The fourth-order valence-corrected chi connectivity index (χ4v) is 3.92. The van der Waals surface area contributed by atoms with Crippen LogP contribution >= 0.6 is 11.3 Å². The number of nitrogens with one attached hydrogen (secondary N) is 1. The summed E-state index contributed by atoms with van der Waals surface area (Å²) in [6.45, 7) is 2.11. The van der Waals surface area contributed by atoms with Gasteiger partial charge in [-0.25, -0.2) is 0 Å². The number of benzene rings is 2. The van der Waals surface area contributed by atoms with E-state index < -0.39 is 18.0 Å². The maximum Gasteiger partial charge on any atom is 0.255 e. The summed E-state index contributed by atoms with van der Waals surface area (Å²) in [4.78, 5) is 23.8. The molecule has 0 aliphatic heterocycles. The molecule has 1 aromatic heterocycles. The lowest BCUT2D eigenvalue weighted by Crippen LogP contribution is -2.25. The van der Waals surface area contributed by atoms with Gasteiger partial charge >= 0.3 is 0 Å². The number of thiophene rings is 1. The molecule has 0 saturated heterocycles. The van der Waals surface area contributed by atoms with Crippen molar-refractivity contribution in [3.63, 3.8) is 0 Å². The number of aryl methyl sites for hydroxylation is 1.